The van der Waals surface area contributed by atoms with Gasteiger partial charge in [0.1, 0.15) is 17.5 Å². The summed E-state index contributed by atoms with van der Waals surface area (Å²) in [5.41, 5.74) is 7.47. The molecule has 0 aromatic heterocycles. The molecule has 0 unspecified atom stereocenters. The van der Waals surface area contributed by atoms with E-state index in [0.29, 0.717) is 19.4 Å². The van der Waals surface area contributed by atoms with Crippen molar-refractivity contribution in [3.8, 4) is 11.5 Å². The lowest BCUT2D eigenvalue weighted by atomic mass is 10.1. The average Bonchev–Trinajstić information content (AvgIpc) is 2.65. The Labute approximate surface area is 177 Å². The highest BCUT2D eigenvalue weighted by molar-refractivity contribution is 14.1. The molecule has 0 aliphatic carbocycles. The molecule has 5 N–H and O–H groups in total. The first kappa shape index (κ1) is 23.7. The Morgan fingerprint density at radius 2 is 1.71 bits per heavy atom. The molecule has 2 aromatic carbocycles. The van der Waals surface area contributed by atoms with E-state index in [1.165, 1.54) is 0 Å². The summed E-state index contributed by atoms with van der Waals surface area (Å²) < 4.78 is 5.54. The van der Waals surface area contributed by atoms with Gasteiger partial charge in [-0.1, -0.05) is 18.2 Å². The molecular weight excluding hydrogens is 477 g/mol. The van der Waals surface area contributed by atoms with Crippen LogP contribution in [0.2, 0.25) is 0 Å². The van der Waals surface area contributed by atoms with Gasteiger partial charge in [0.15, 0.2) is 0 Å². The van der Waals surface area contributed by atoms with Crippen LogP contribution in [-0.4, -0.2) is 39.9 Å². The number of carboxylic acids is 1. The van der Waals surface area contributed by atoms with E-state index in [1.54, 1.807) is 49.4 Å². The normalized spacial score (nSPS) is 11.1. The molecule has 0 heterocycles. The maximum atomic E-state index is 11.2. The zero-order chi connectivity index (χ0) is 21.1. The zero-order valence-electron chi connectivity index (χ0n) is 15.5. The molecule has 2 aromatic rings. The van der Waals surface area contributed by atoms with Crippen molar-refractivity contribution in [3.05, 3.63) is 57.2 Å². The maximum absolute atomic E-state index is 11.2. The van der Waals surface area contributed by atoms with Crippen LogP contribution < -0.4 is 5.73 Å². The number of nitrogens with two attached hydrogens (primary N) is 1. The number of phenolic OH excluding ortho intramolecular Hbond substituents is 2. The molecule has 0 saturated carbocycles. The van der Waals surface area contributed by atoms with E-state index in [-0.39, 0.29) is 17.9 Å². The molecule has 0 aliphatic heterocycles. The summed E-state index contributed by atoms with van der Waals surface area (Å²) in [6.45, 7) is 2.08. The lowest BCUT2D eigenvalue weighted by Crippen LogP contribution is -2.34. The molecule has 152 valence electrons. The number of carbonyl (C=O) groups excluding carboxylic acids is 1. The molecule has 2 rings (SSSR count). The van der Waals surface area contributed by atoms with Crippen LogP contribution in [0.5, 0.6) is 11.5 Å². The maximum Gasteiger partial charge on any atom is 0.323 e. The highest BCUT2D eigenvalue weighted by Gasteiger charge is 2.14. The van der Waals surface area contributed by atoms with Gasteiger partial charge >= 0.3 is 11.9 Å². The topological polar surface area (TPSA) is 130 Å². The van der Waals surface area contributed by atoms with Gasteiger partial charge in [-0.25, -0.2) is 0 Å². The van der Waals surface area contributed by atoms with Crippen LogP contribution in [0.1, 0.15) is 24.5 Å². The first-order valence-corrected chi connectivity index (χ1v) is 9.70. The van der Waals surface area contributed by atoms with E-state index >= 15 is 0 Å². The number of hydrogen-bond acceptors (Lipinski definition) is 6. The van der Waals surface area contributed by atoms with Crippen molar-refractivity contribution in [3.63, 3.8) is 0 Å². The molecule has 1 atom stereocenters. The fraction of sp³-hybridized carbons (Fsp3) is 0.300. The first-order valence-electron chi connectivity index (χ1n) is 8.62. The lowest BCUT2D eigenvalue weighted by Gasteiger charge is -2.10. The monoisotopic (exact) mass is 501 g/mol. The quantitative estimate of drug-likeness (QED) is 0.339. The number of phenols is 2. The molecule has 0 radical (unpaired) electrons. The van der Waals surface area contributed by atoms with E-state index in [1.807, 2.05) is 22.6 Å². The standard InChI is InChI=1S/C11H15NO3.C9H9IO3/c1-2-15-11(14)10(12)7-8-3-5-9(13)6-4-8;10-7-5-6(1-3-8(7)11)2-4-9(12)13/h3-6,10,13H,2,7,12H2,1H3;1,3,5,11H,2,4H2,(H,12,13)/t10-;/m0./s1. The fourth-order valence-electron chi connectivity index (χ4n) is 2.18. The Hall–Kier alpha value is -2.33. The minimum absolute atomic E-state index is 0.126. The summed E-state index contributed by atoms with van der Waals surface area (Å²) in [6.07, 6.45) is 1.05. The highest BCUT2D eigenvalue weighted by atomic mass is 127. The van der Waals surface area contributed by atoms with E-state index in [0.717, 1.165) is 14.7 Å². The van der Waals surface area contributed by atoms with Crippen molar-refractivity contribution in [1.29, 1.82) is 0 Å². The summed E-state index contributed by atoms with van der Waals surface area (Å²) in [4.78, 5) is 21.5. The minimum Gasteiger partial charge on any atom is -0.508 e. The van der Waals surface area contributed by atoms with Crippen LogP contribution in [0.25, 0.3) is 0 Å². The number of halogens is 1. The predicted molar refractivity (Wildman–Crippen MR) is 113 cm³/mol. The number of aliphatic carboxylic acids is 1. The third-order valence-electron chi connectivity index (χ3n) is 3.62. The summed E-state index contributed by atoms with van der Waals surface area (Å²) in [5.74, 6) is -0.767. The van der Waals surface area contributed by atoms with Gasteiger partial charge in [-0.2, -0.15) is 0 Å². The van der Waals surface area contributed by atoms with E-state index in [4.69, 9.17) is 20.7 Å². The minimum atomic E-state index is -0.803. The van der Waals surface area contributed by atoms with Crippen molar-refractivity contribution in [2.24, 2.45) is 5.73 Å². The van der Waals surface area contributed by atoms with Gasteiger partial charge in [0, 0.05) is 6.42 Å². The van der Waals surface area contributed by atoms with Gasteiger partial charge in [0.25, 0.3) is 0 Å². The van der Waals surface area contributed by atoms with Crippen LogP contribution in [0.3, 0.4) is 0 Å². The Balaban J connectivity index is 0.000000283. The van der Waals surface area contributed by atoms with Crippen molar-refractivity contribution >= 4 is 34.5 Å². The molecule has 0 aliphatic rings. The number of aryl methyl sites for hydroxylation is 1. The molecule has 0 bridgehead atoms. The molecule has 0 saturated heterocycles. The second-order valence-corrected chi connectivity index (χ2v) is 7.07. The van der Waals surface area contributed by atoms with E-state index in [9.17, 15) is 14.7 Å². The summed E-state index contributed by atoms with van der Waals surface area (Å²) in [5, 5.41) is 26.7. The van der Waals surface area contributed by atoms with Crippen LogP contribution in [0.15, 0.2) is 42.5 Å². The Morgan fingerprint density at radius 3 is 2.25 bits per heavy atom. The number of ether oxygens (including phenoxy) is 1. The Kier molecular flexibility index (Phi) is 10.3. The highest BCUT2D eigenvalue weighted by Crippen LogP contribution is 2.20. The lowest BCUT2D eigenvalue weighted by molar-refractivity contribution is -0.144. The van der Waals surface area contributed by atoms with E-state index in [2.05, 4.69) is 0 Å². The van der Waals surface area contributed by atoms with Crippen LogP contribution >= 0.6 is 22.6 Å². The first-order chi connectivity index (χ1) is 13.2. The zero-order valence-corrected chi connectivity index (χ0v) is 17.6. The van der Waals surface area contributed by atoms with Crippen LogP contribution in [0.4, 0.5) is 0 Å². The van der Waals surface area contributed by atoms with Gasteiger partial charge in [-0.15, -0.1) is 0 Å². The SMILES string of the molecule is CCOC(=O)[C@@H](N)Cc1ccc(O)cc1.O=C(O)CCc1ccc(O)c(I)c1. The number of carbonyl (C=O) groups is 2. The van der Waals surface area contributed by atoms with Crippen molar-refractivity contribution in [2.45, 2.75) is 32.2 Å². The number of carboxylic acid groups (broad SMARTS) is 1. The molecule has 0 amide bonds. The summed E-state index contributed by atoms with van der Waals surface area (Å²) in [7, 11) is 0. The Bertz CT molecular complexity index is 779. The van der Waals surface area contributed by atoms with Gasteiger partial charge in [-0.3, -0.25) is 9.59 Å². The third kappa shape index (κ3) is 9.05. The number of hydrogen-bond donors (Lipinski definition) is 4. The second-order valence-electron chi connectivity index (χ2n) is 5.91. The molecule has 28 heavy (non-hydrogen) atoms. The second kappa shape index (κ2) is 12.2. The van der Waals surface area contributed by atoms with Gasteiger partial charge < -0.3 is 25.8 Å². The van der Waals surface area contributed by atoms with Crippen LogP contribution in [0, 0.1) is 3.57 Å². The number of benzene rings is 2. The third-order valence-corrected chi connectivity index (χ3v) is 4.48. The summed E-state index contributed by atoms with van der Waals surface area (Å²) >= 11 is 2.01. The molecule has 0 spiro atoms. The van der Waals surface area contributed by atoms with Gasteiger partial charge in [0.2, 0.25) is 0 Å². The van der Waals surface area contributed by atoms with Crippen molar-refractivity contribution in [1.82, 2.24) is 0 Å². The molecule has 0 fully saturated rings. The smallest absolute Gasteiger partial charge is 0.323 e. The van der Waals surface area contributed by atoms with Crippen LogP contribution in [-0.2, 0) is 27.2 Å². The summed E-state index contributed by atoms with van der Waals surface area (Å²) in [6, 6.07) is 11.1. The Morgan fingerprint density at radius 1 is 1.11 bits per heavy atom. The molecule has 7 nitrogen and oxygen atoms in total. The molecule has 8 heteroatoms. The van der Waals surface area contributed by atoms with Gasteiger partial charge in [-0.05, 0) is 77.7 Å². The predicted octanol–water partition coefficient (Wildman–Crippen LogP) is 2.84. The van der Waals surface area contributed by atoms with Crippen molar-refractivity contribution < 1.29 is 29.6 Å². The fourth-order valence-corrected chi connectivity index (χ4v) is 2.76. The molecular formula is C20H24INO6. The van der Waals surface area contributed by atoms with Crippen molar-refractivity contribution in [2.75, 3.05) is 6.61 Å². The number of rotatable bonds is 7. The number of aromatic hydroxyl groups is 2. The van der Waals surface area contributed by atoms with Gasteiger partial charge in [0.05, 0.1) is 10.2 Å². The van der Waals surface area contributed by atoms with E-state index < -0.39 is 18.0 Å². The number of esters is 1. The largest absolute Gasteiger partial charge is 0.508 e. The average molecular weight is 501 g/mol.